The van der Waals surface area contributed by atoms with Crippen LogP contribution in [-0.2, 0) is 11.3 Å². The summed E-state index contributed by atoms with van der Waals surface area (Å²) in [5.41, 5.74) is 1.46. The van der Waals surface area contributed by atoms with Gasteiger partial charge >= 0.3 is 12.0 Å². The Hall–Kier alpha value is -3.22. The number of pyridine rings is 1. The number of aromatic nitrogens is 3. The van der Waals surface area contributed by atoms with Crippen molar-refractivity contribution in [1.82, 2.24) is 15.1 Å². The lowest BCUT2D eigenvalue weighted by Gasteiger charge is -2.19. The quantitative estimate of drug-likeness (QED) is 0.642. The van der Waals surface area contributed by atoms with Crippen molar-refractivity contribution in [2.45, 2.75) is 27.3 Å². The summed E-state index contributed by atoms with van der Waals surface area (Å²) in [5.74, 6) is 0.876. The first-order valence-corrected chi connectivity index (χ1v) is 8.33. The van der Waals surface area contributed by atoms with Gasteiger partial charge in [-0.15, -0.1) is 0 Å². The van der Waals surface area contributed by atoms with Gasteiger partial charge in [0.15, 0.2) is 5.82 Å². The van der Waals surface area contributed by atoms with Crippen LogP contribution in [-0.4, -0.2) is 28.2 Å². The van der Waals surface area contributed by atoms with Gasteiger partial charge in [0.05, 0.1) is 19.2 Å². The molecule has 0 aliphatic heterocycles. The Morgan fingerprint density at radius 2 is 1.88 bits per heavy atom. The molecule has 0 fully saturated rings. The van der Waals surface area contributed by atoms with Crippen LogP contribution in [0.4, 0.5) is 11.8 Å². The van der Waals surface area contributed by atoms with Gasteiger partial charge in [0.1, 0.15) is 5.82 Å². The summed E-state index contributed by atoms with van der Waals surface area (Å²) in [6.07, 6.45) is 1.70. The minimum absolute atomic E-state index is 0.364. The molecule has 3 rings (SSSR count). The molecule has 7 nitrogen and oxygen atoms in total. The molecule has 136 valence electrons. The van der Waals surface area contributed by atoms with Crippen LogP contribution < -0.4 is 4.90 Å². The van der Waals surface area contributed by atoms with Crippen molar-refractivity contribution in [3.8, 4) is 0 Å². The number of anilines is 2. The lowest BCUT2D eigenvalue weighted by molar-refractivity contribution is 0.0600. The van der Waals surface area contributed by atoms with Crippen molar-refractivity contribution in [3.05, 3.63) is 65.6 Å². The maximum Gasteiger partial charge on any atom is 0.337 e. The zero-order chi connectivity index (χ0) is 18.9. The molecule has 0 atom stereocenters. The van der Waals surface area contributed by atoms with E-state index in [0.717, 1.165) is 5.56 Å². The van der Waals surface area contributed by atoms with Crippen LogP contribution in [0.5, 0.6) is 0 Å². The number of aryl methyl sites for hydroxylation is 1. The normalized spacial score (nSPS) is 9.85. The number of hydrogen-bond acceptors (Lipinski definition) is 7. The van der Waals surface area contributed by atoms with Gasteiger partial charge in [-0.25, -0.2) is 9.78 Å². The number of benzene rings is 1. The second kappa shape index (κ2) is 9.31. The first-order chi connectivity index (χ1) is 12.7. The fraction of sp³-hybridized carbons (Fsp3) is 0.263. The Labute approximate surface area is 152 Å². The Kier molecular flexibility index (Phi) is 6.84. The smallest absolute Gasteiger partial charge is 0.337 e. The van der Waals surface area contributed by atoms with E-state index in [1.165, 1.54) is 7.11 Å². The number of nitrogens with zero attached hydrogens (tertiary/aromatic N) is 4. The summed E-state index contributed by atoms with van der Waals surface area (Å²) >= 11 is 0. The Balaban J connectivity index is 0.00000117. The van der Waals surface area contributed by atoms with Crippen LogP contribution in [0.15, 0.2) is 53.2 Å². The molecule has 0 bridgehead atoms. The maximum atomic E-state index is 11.5. The van der Waals surface area contributed by atoms with E-state index in [2.05, 4.69) is 15.1 Å². The van der Waals surface area contributed by atoms with Gasteiger partial charge in [-0.2, -0.15) is 4.98 Å². The molecule has 2 aromatic heterocycles. The standard InChI is InChI=1S/C17H16N4O3.C2H6/c1-12-19-17(24-20-12)21(15-5-3-4-10-18-15)11-13-6-8-14(9-7-13)16(22)23-2;1-2/h3-10H,11H2,1-2H3;1-2H3. The largest absolute Gasteiger partial charge is 0.465 e. The summed E-state index contributed by atoms with van der Waals surface area (Å²) in [7, 11) is 1.36. The first kappa shape index (κ1) is 19.1. The van der Waals surface area contributed by atoms with Gasteiger partial charge in [0, 0.05) is 6.20 Å². The fourth-order valence-electron chi connectivity index (χ4n) is 2.20. The van der Waals surface area contributed by atoms with Crippen LogP contribution in [0.3, 0.4) is 0 Å². The molecule has 2 heterocycles. The second-order valence-corrected chi connectivity index (χ2v) is 5.09. The molecule has 26 heavy (non-hydrogen) atoms. The summed E-state index contributed by atoms with van der Waals surface area (Å²) in [6, 6.07) is 13.1. The van der Waals surface area contributed by atoms with E-state index in [0.29, 0.717) is 29.8 Å². The van der Waals surface area contributed by atoms with Crippen LogP contribution in [0.2, 0.25) is 0 Å². The molecule has 0 amide bonds. The van der Waals surface area contributed by atoms with Gasteiger partial charge in [0.25, 0.3) is 0 Å². The van der Waals surface area contributed by atoms with E-state index < -0.39 is 0 Å². The third-order valence-corrected chi connectivity index (χ3v) is 3.39. The average Bonchev–Trinajstić information content (AvgIpc) is 3.14. The Morgan fingerprint density at radius 3 is 2.42 bits per heavy atom. The van der Waals surface area contributed by atoms with E-state index in [1.54, 1.807) is 25.3 Å². The molecule has 1 aromatic carbocycles. The predicted octanol–water partition coefficient (Wildman–Crippen LogP) is 3.92. The minimum Gasteiger partial charge on any atom is -0.465 e. The zero-order valence-electron chi connectivity index (χ0n) is 15.3. The minimum atomic E-state index is -0.365. The van der Waals surface area contributed by atoms with Crippen LogP contribution in [0.1, 0.15) is 35.6 Å². The number of hydrogen-bond donors (Lipinski definition) is 0. The molecular formula is C19H22N4O3. The molecule has 0 N–H and O–H groups in total. The summed E-state index contributed by atoms with van der Waals surface area (Å²) in [6.45, 7) is 6.23. The van der Waals surface area contributed by atoms with E-state index in [9.17, 15) is 4.79 Å². The first-order valence-electron chi connectivity index (χ1n) is 8.33. The van der Waals surface area contributed by atoms with Crippen molar-refractivity contribution in [2.75, 3.05) is 12.0 Å². The monoisotopic (exact) mass is 354 g/mol. The van der Waals surface area contributed by atoms with E-state index >= 15 is 0 Å². The van der Waals surface area contributed by atoms with Gasteiger partial charge < -0.3 is 9.26 Å². The van der Waals surface area contributed by atoms with Crippen molar-refractivity contribution in [1.29, 1.82) is 0 Å². The summed E-state index contributed by atoms with van der Waals surface area (Å²) in [5, 5.41) is 3.84. The molecule has 7 heteroatoms. The van der Waals surface area contributed by atoms with Crippen molar-refractivity contribution in [2.24, 2.45) is 0 Å². The topological polar surface area (TPSA) is 81.4 Å². The molecule has 0 radical (unpaired) electrons. The van der Waals surface area contributed by atoms with E-state index in [4.69, 9.17) is 9.26 Å². The number of rotatable bonds is 5. The van der Waals surface area contributed by atoms with E-state index in [1.807, 2.05) is 49.1 Å². The van der Waals surface area contributed by atoms with Crippen molar-refractivity contribution >= 4 is 17.8 Å². The third kappa shape index (κ3) is 4.66. The maximum absolute atomic E-state index is 11.5. The molecule has 0 saturated heterocycles. The number of ether oxygens (including phenoxy) is 1. The number of methoxy groups -OCH3 is 1. The summed E-state index contributed by atoms with van der Waals surface area (Å²) in [4.78, 5) is 21.9. The molecule has 3 aromatic rings. The van der Waals surface area contributed by atoms with Crippen LogP contribution in [0.25, 0.3) is 0 Å². The average molecular weight is 354 g/mol. The third-order valence-electron chi connectivity index (χ3n) is 3.39. The Morgan fingerprint density at radius 1 is 1.15 bits per heavy atom. The highest BCUT2D eigenvalue weighted by Gasteiger charge is 2.17. The number of carbonyl (C=O) groups excluding carboxylic acids is 1. The molecule has 0 unspecified atom stereocenters. The highest BCUT2D eigenvalue weighted by Crippen LogP contribution is 2.24. The van der Waals surface area contributed by atoms with Crippen LogP contribution >= 0.6 is 0 Å². The molecule has 0 aliphatic rings. The van der Waals surface area contributed by atoms with Gasteiger partial charge in [-0.05, 0) is 36.8 Å². The van der Waals surface area contributed by atoms with Crippen molar-refractivity contribution < 1.29 is 14.1 Å². The SMILES string of the molecule is CC.COC(=O)c1ccc(CN(c2ccccn2)c2nc(C)no2)cc1. The van der Waals surface area contributed by atoms with E-state index in [-0.39, 0.29) is 5.97 Å². The Bertz CT molecular complexity index is 816. The molecular weight excluding hydrogens is 332 g/mol. The van der Waals surface area contributed by atoms with Gasteiger partial charge in [-0.1, -0.05) is 37.2 Å². The highest BCUT2D eigenvalue weighted by molar-refractivity contribution is 5.89. The molecule has 0 spiro atoms. The van der Waals surface area contributed by atoms with Gasteiger partial charge in [0.2, 0.25) is 0 Å². The lowest BCUT2D eigenvalue weighted by atomic mass is 10.1. The zero-order valence-corrected chi connectivity index (χ0v) is 15.3. The predicted molar refractivity (Wildman–Crippen MR) is 98.2 cm³/mol. The van der Waals surface area contributed by atoms with Crippen LogP contribution in [0, 0.1) is 6.92 Å². The highest BCUT2D eigenvalue weighted by atomic mass is 16.5. The van der Waals surface area contributed by atoms with Gasteiger partial charge in [-0.3, -0.25) is 4.90 Å². The molecule has 0 aliphatic carbocycles. The second-order valence-electron chi connectivity index (χ2n) is 5.09. The number of esters is 1. The lowest BCUT2D eigenvalue weighted by Crippen LogP contribution is -2.18. The number of carbonyl (C=O) groups is 1. The summed E-state index contributed by atoms with van der Waals surface area (Å²) < 4.78 is 9.99. The van der Waals surface area contributed by atoms with Crippen molar-refractivity contribution in [3.63, 3.8) is 0 Å². The molecule has 0 saturated carbocycles. The fourth-order valence-corrected chi connectivity index (χ4v) is 2.20.